The monoisotopic (exact) mass is 311 g/mol. The summed E-state index contributed by atoms with van der Waals surface area (Å²) in [7, 11) is -3.48. The van der Waals surface area contributed by atoms with Crippen LogP contribution in [0.2, 0.25) is 0 Å². The molecule has 5 nitrogen and oxygen atoms in total. The molecule has 1 saturated heterocycles. The van der Waals surface area contributed by atoms with Crippen LogP contribution in [0.5, 0.6) is 0 Å². The summed E-state index contributed by atoms with van der Waals surface area (Å²) in [4.78, 5) is 2.59. The van der Waals surface area contributed by atoms with Crippen molar-refractivity contribution in [2.75, 3.05) is 19.6 Å². The third-order valence-electron chi connectivity index (χ3n) is 3.94. The quantitative estimate of drug-likeness (QED) is 0.828. The van der Waals surface area contributed by atoms with E-state index in [1.54, 1.807) is 12.1 Å². The average molecular weight is 311 g/mol. The first-order valence-corrected chi connectivity index (χ1v) is 8.95. The highest BCUT2D eigenvalue weighted by Crippen LogP contribution is 2.16. The van der Waals surface area contributed by atoms with Crippen molar-refractivity contribution in [3.8, 4) is 0 Å². The predicted molar refractivity (Wildman–Crippen MR) is 84.5 cm³/mol. The van der Waals surface area contributed by atoms with E-state index >= 15 is 0 Å². The number of rotatable bonds is 6. The summed E-state index contributed by atoms with van der Waals surface area (Å²) in [5.74, 6) is 0. The number of aryl methyl sites for hydroxylation is 1. The standard InChI is InChI=1S/C15H25N3O2S/c1-12-5-6-15(9-14(12)10-16)21(19,20)17-13(2)11-18-7-3-4-8-18/h5-6,9,13,17H,3-4,7-8,10-11,16H2,1-2H3. The zero-order valence-corrected chi connectivity index (χ0v) is 13.6. The van der Waals surface area contributed by atoms with Crippen molar-refractivity contribution >= 4 is 10.0 Å². The normalized spacial score (nSPS) is 18.0. The predicted octanol–water partition coefficient (Wildman–Crippen LogP) is 1.22. The number of nitrogens with two attached hydrogens (primary N) is 1. The Hall–Kier alpha value is -0.950. The Morgan fingerprint density at radius 1 is 1.33 bits per heavy atom. The van der Waals surface area contributed by atoms with Gasteiger partial charge >= 0.3 is 0 Å². The smallest absolute Gasteiger partial charge is 0.240 e. The summed E-state index contributed by atoms with van der Waals surface area (Å²) in [6.45, 7) is 7.07. The lowest BCUT2D eigenvalue weighted by Gasteiger charge is -2.21. The molecule has 1 unspecified atom stereocenters. The van der Waals surface area contributed by atoms with Gasteiger partial charge in [-0.3, -0.25) is 0 Å². The summed E-state index contributed by atoms with van der Waals surface area (Å²) < 4.78 is 27.6. The number of nitrogens with zero attached hydrogens (tertiary/aromatic N) is 1. The average Bonchev–Trinajstić information content (AvgIpc) is 2.91. The molecule has 0 saturated carbocycles. The Morgan fingerprint density at radius 2 is 2.00 bits per heavy atom. The van der Waals surface area contributed by atoms with Crippen molar-refractivity contribution in [1.82, 2.24) is 9.62 Å². The van der Waals surface area contributed by atoms with E-state index in [0.717, 1.165) is 30.8 Å². The van der Waals surface area contributed by atoms with Crippen molar-refractivity contribution in [2.45, 2.75) is 44.2 Å². The molecule has 6 heteroatoms. The van der Waals surface area contributed by atoms with Gasteiger partial charge in [0, 0.05) is 19.1 Å². The molecule has 21 heavy (non-hydrogen) atoms. The van der Waals surface area contributed by atoms with Gasteiger partial charge in [-0.2, -0.15) is 0 Å². The second-order valence-corrected chi connectivity index (χ2v) is 7.54. The van der Waals surface area contributed by atoms with Gasteiger partial charge in [-0.1, -0.05) is 6.07 Å². The van der Waals surface area contributed by atoms with Crippen molar-refractivity contribution in [3.05, 3.63) is 29.3 Å². The SMILES string of the molecule is Cc1ccc(S(=O)(=O)NC(C)CN2CCCC2)cc1CN. The molecule has 1 aliphatic heterocycles. The van der Waals surface area contributed by atoms with Crippen LogP contribution in [0.4, 0.5) is 0 Å². The number of likely N-dealkylation sites (tertiary alicyclic amines) is 1. The van der Waals surface area contributed by atoms with Crippen LogP contribution >= 0.6 is 0 Å². The van der Waals surface area contributed by atoms with Gasteiger partial charge < -0.3 is 10.6 Å². The molecule has 3 N–H and O–H groups in total. The maximum absolute atomic E-state index is 12.4. The zero-order valence-electron chi connectivity index (χ0n) is 12.8. The Balaban J connectivity index is 2.06. The van der Waals surface area contributed by atoms with Gasteiger partial charge in [0.1, 0.15) is 0 Å². The van der Waals surface area contributed by atoms with Crippen LogP contribution in [-0.2, 0) is 16.6 Å². The van der Waals surface area contributed by atoms with Crippen molar-refractivity contribution in [1.29, 1.82) is 0 Å². The van der Waals surface area contributed by atoms with Gasteiger partial charge in [0.25, 0.3) is 0 Å². The van der Waals surface area contributed by atoms with Gasteiger partial charge in [0.05, 0.1) is 4.90 Å². The highest BCUT2D eigenvalue weighted by molar-refractivity contribution is 7.89. The minimum absolute atomic E-state index is 0.101. The molecular weight excluding hydrogens is 286 g/mol. The molecule has 1 aromatic carbocycles. The van der Waals surface area contributed by atoms with Crippen LogP contribution in [0.15, 0.2) is 23.1 Å². The Labute approximate surface area is 127 Å². The van der Waals surface area contributed by atoms with Crippen LogP contribution < -0.4 is 10.5 Å². The van der Waals surface area contributed by atoms with E-state index in [2.05, 4.69) is 9.62 Å². The molecule has 0 aliphatic carbocycles. The van der Waals surface area contributed by atoms with Crippen LogP contribution in [0, 0.1) is 6.92 Å². The highest BCUT2D eigenvalue weighted by Gasteiger charge is 2.21. The van der Waals surface area contributed by atoms with Crippen LogP contribution in [0.25, 0.3) is 0 Å². The van der Waals surface area contributed by atoms with Crippen molar-refractivity contribution < 1.29 is 8.42 Å². The minimum Gasteiger partial charge on any atom is -0.326 e. The highest BCUT2D eigenvalue weighted by atomic mass is 32.2. The summed E-state index contributed by atoms with van der Waals surface area (Å²) in [6.07, 6.45) is 2.41. The first-order valence-electron chi connectivity index (χ1n) is 7.46. The minimum atomic E-state index is -3.48. The molecule has 0 amide bonds. The van der Waals surface area contributed by atoms with Crippen molar-refractivity contribution in [2.24, 2.45) is 5.73 Å². The Bertz CT molecular complexity index is 581. The third kappa shape index (κ3) is 4.26. The summed E-state index contributed by atoms with van der Waals surface area (Å²) >= 11 is 0. The molecule has 0 radical (unpaired) electrons. The fourth-order valence-corrected chi connectivity index (χ4v) is 4.04. The van der Waals surface area contributed by atoms with E-state index in [-0.39, 0.29) is 6.04 Å². The molecule has 0 bridgehead atoms. The first-order chi connectivity index (χ1) is 9.92. The maximum Gasteiger partial charge on any atom is 0.240 e. The molecule has 2 rings (SSSR count). The van der Waals surface area contributed by atoms with Crippen LogP contribution in [0.3, 0.4) is 0 Å². The fraction of sp³-hybridized carbons (Fsp3) is 0.600. The van der Waals surface area contributed by atoms with Crippen LogP contribution in [0.1, 0.15) is 30.9 Å². The number of benzene rings is 1. The largest absolute Gasteiger partial charge is 0.326 e. The molecule has 1 aromatic rings. The molecule has 1 fully saturated rings. The molecule has 1 atom stereocenters. The summed E-state index contributed by atoms with van der Waals surface area (Å²) in [6, 6.07) is 5.01. The molecule has 118 valence electrons. The lowest BCUT2D eigenvalue weighted by molar-refractivity contribution is 0.313. The fourth-order valence-electron chi connectivity index (χ4n) is 2.76. The second-order valence-electron chi connectivity index (χ2n) is 5.82. The van der Waals surface area contributed by atoms with Gasteiger partial charge in [-0.25, -0.2) is 13.1 Å². The molecule has 1 heterocycles. The lowest BCUT2D eigenvalue weighted by atomic mass is 10.1. The maximum atomic E-state index is 12.4. The van der Waals surface area contributed by atoms with Gasteiger partial charge in [0.2, 0.25) is 10.0 Å². The van der Waals surface area contributed by atoms with Gasteiger partial charge in [-0.05, 0) is 63.0 Å². The van der Waals surface area contributed by atoms with Gasteiger partial charge in [0.15, 0.2) is 0 Å². The summed E-state index contributed by atoms with van der Waals surface area (Å²) in [5, 5.41) is 0. The number of hydrogen-bond acceptors (Lipinski definition) is 4. The first kappa shape index (κ1) is 16.4. The number of nitrogens with one attached hydrogen (secondary N) is 1. The molecule has 1 aliphatic rings. The van der Waals surface area contributed by atoms with E-state index in [1.165, 1.54) is 12.8 Å². The van der Waals surface area contributed by atoms with E-state index in [1.807, 2.05) is 19.9 Å². The Kier molecular flexibility index (Phi) is 5.37. The molecule has 0 aromatic heterocycles. The number of sulfonamides is 1. The second kappa shape index (κ2) is 6.87. The lowest BCUT2D eigenvalue weighted by Crippen LogP contribution is -2.41. The number of hydrogen-bond donors (Lipinski definition) is 2. The van der Waals surface area contributed by atoms with E-state index in [9.17, 15) is 8.42 Å². The molecular formula is C15H25N3O2S. The van der Waals surface area contributed by atoms with E-state index in [0.29, 0.717) is 11.4 Å². The van der Waals surface area contributed by atoms with E-state index < -0.39 is 10.0 Å². The third-order valence-corrected chi connectivity index (χ3v) is 5.53. The van der Waals surface area contributed by atoms with E-state index in [4.69, 9.17) is 5.73 Å². The summed E-state index contributed by atoms with van der Waals surface area (Å²) in [5.41, 5.74) is 7.53. The van der Waals surface area contributed by atoms with Crippen LogP contribution in [-0.4, -0.2) is 39.0 Å². The zero-order chi connectivity index (χ0) is 15.5. The molecule has 0 spiro atoms. The van der Waals surface area contributed by atoms with Gasteiger partial charge in [-0.15, -0.1) is 0 Å². The topological polar surface area (TPSA) is 75.4 Å². The Morgan fingerprint density at radius 3 is 2.62 bits per heavy atom. The van der Waals surface area contributed by atoms with Crippen molar-refractivity contribution in [3.63, 3.8) is 0 Å².